The van der Waals surface area contributed by atoms with Crippen LogP contribution in [0.15, 0.2) is 23.1 Å². The standard InChI is InChI=1S/C12H17NO5S/c1-12(2,3)11(14)13-9-6-5-8(18-4)7-10(9)19(15,16)17/h5-7H,1-4H3,(H,13,14)(H,15,16,17). The number of rotatable bonds is 3. The van der Waals surface area contributed by atoms with E-state index in [1.807, 2.05) is 0 Å². The molecule has 0 heterocycles. The van der Waals surface area contributed by atoms with Crippen molar-refractivity contribution in [3.05, 3.63) is 18.2 Å². The van der Waals surface area contributed by atoms with Crippen LogP contribution in [0.1, 0.15) is 20.8 Å². The van der Waals surface area contributed by atoms with Crippen LogP contribution in [0.5, 0.6) is 5.75 Å². The molecule has 0 atom stereocenters. The molecule has 0 aromatic heterocycles. The third kappa shape index (κ3) is 3.93. The van der Waals surface area contributed by atoms with Gasteiger partial charge in [0.2, 0.25) is 5.91 Å². The highest BCUT2D eigenvalue weighted by Gasteiger charge is 2.24. The van der Waals surface area contributed by atoms with Crippen molar-refractivity contribution in [3.8, 4) is 5.75 Å². The van der Waals surface area contributed by atoms with Crippen LogP contribution in [0.4, 0.5) is 5.69 Å². The molecule has 0 saturated heterocycles. The van der Waals surface area contributed by atoms with Crippen molar-refractivity contribution in [2.45, 2.75) is 25.7 Å². The highest BCUT2D eigenvalue weighted by Crippen LogP contribution is 2.27. The zero-order valence-electron chi connectivity index (χ0n) is 11.2. The molecule has 0 fully saturated rings. The Morgan fingerprint density at radius 1 is 1.32 bits per heavy atom. The summed E-state index contributed by atoms with van der Waals surface area (Å²) in [6, 6.07) is 4.01. The summed E-state index contributed by atoms with van der Waals surface area (Å²) in [5, 5.41) is 2.47. The first kappa shape index (κ1) is 15.5. The molecule has 0 spiro atoms. The van der Waals surface area contributed by atoms with Crippen molar-refractivity contribution >= 4 is 21.7 Å². The number of anilines is 1. The lowest BCUT2D eigenvalue weighted by molar-refractivity contribution is -0.123. The molecule has 0 aliphatic rings. The number of carbonyl (C=O) groups is 1. The number of nitrogens with one attached hydrogen (secondary N) is 1. The Bertz CT molecular complexity index is 587. The van der Waals surface area contributed by atoms with E-state index in [9.17, 15) is 17.8 Å². The summed E-state index contributed by atoms with van der Waals surface area (Å²) in [6.45, 7) is 5.08. The predicted octanol–water partition coefficient (Wildman–Crippen LogP) is 1.93. The van der Waals surface area contributed by atoms with Crippen molar-refractivity contribution in [2.75, 3.05) is 12.4 Å². The summed E-state index contributed by atoms with van der Waals surface area (Å²) >= 11 is 0. The van der Waals surface area contributed by atoms with Crippen LogP contribution in [0, 0.1) is 5.41 Å². The second-order valence-electron chi connectivity index (χ2n) is 5.04. The molecule has 0 bridgehead atoms. The number of hydrogen-bond donors (Lipinski definition) is 2. The minimum Gasteiger partial charge on any atom is -0.497 e. The summed E-state index contributed by atoms with van der Waals surface area (Å²) in [7, 11) is -3.08. The Kier molecular flexibility index (Phi) is 4.21. The fourth-order valence-corrected chi connectivity index (χ4v) is 1.92. The molecular weight excluding hydrogens is 270 g/mol. The fourth-order valence-electron chi connectivity index (χ4n) is 1.26. The molecule has 6 nitrogen and oxygen atoms in total. The van der Waals surface area contributed by atoms with E-state index in [1.165, 1.54) is 19.2 Å². The van der Waals surface area contributed by atoms with Gasteiger partial charge in [0.1, 0.15) is 10.6 Å². The van der Waals surface area contributed by atoms with Gasteiger partial charge in [-0.15, -0.1) is 0 Å². The lowest BCUT2D eigenvalue weighted by atomic mass is 9.95. The average Bonchev–Trinajstić information content (AvgIpc) is 2.26. The molecule has 0 aliphatic heterocycles. The van der Waals surface area contributed by atoms with E-state index < -0.39 is 20.4 Å². The van der Waals surface area contributed by atoms with Crippen molar-refractivity contribution in [2.24, 2.45) is 5.41 Å². The average molecular weight is 287 g/mol. The van der Waals surface area contributed by atoms with E-state index in [1.54, 1.807) is 20.8 Å². The van der Waals surface area contributed by atoms with Gasteiger partial charge in [-0.3, -0.25) is 9.35 Å². The summed E-state index contributed by atoms with van der Waals surface area (Å²) in [6.07, 6.45) is 0. The Morgan fingerprint density at radius 2 is 1.89 bits per heavy atom. The first-order valence-corrected chi connectivity index (χ1v) is 6.96. The number of methoxy groups -OCH3 is 1. The van der Waals surface area contributed by atoms with Gasteiger partial charge < -0.3 is 10.1 Å². The zero-order valence-corrected chi connectivity index (χ0v) is 12.0. The monoisotopic (exact) mass is 287 g/mol. The SMILES string of the molecule is COc1ccc(NC(=O)C(C)(C)C)c(S(=O)(=O)O)c1. The second kappa shape index (κ2) is 5.18. The highest BCUT2D eigenvalue weighted by molar-refractivity contribution is 7.86. The molecular formula is C12H17NO5S. The van der Waals surface area contributed by atoms with E-state index in [0.717, 1.165) is 6.07 Å². The number of amides is 1. The lowest BCUT2D eigenvalue weighted by Gasteiger charge is -2.19. The van der Waals surface area contributed by atoms with Crippen LogP contribution in [0.3, 0.4) is 0 Å². The van der Waals surface area contributed by atoms with Gasteiger partial charge in [-0.05, 0) is 12.1 Å². The third-order valence-corrected chi connectivity index (χ3v) is 3.29. The third-order valence-electron chi connectivity index (χ3n) is 2.40. The topological polar surface area (TPSA) is 92.7 Å². The maximum Gasteiger partial charge on any atom is 0.296 e. The summed E-state index contributed by atoms with van der Waals surface area (Å²) < 4.78 is 36.7. The van der Waals surface area contributed by atoms with Gasteiger partial charge in [0.25, 0.3) is 10.1 Å². The Balaban J connectivity index is 3.25. The summed E-state index contributed by atoms with van der Waals surface area (Å²) in [5.41, 5.74) is -0.667. The van der Waals surface area contributed by atoms with Crippen molar-refractivity contribution in [1.82, 2.24) is 0 Å². The Labute approximate surface area is 112 Å². The summed E-state index contributed by atoms with van der Waals surface area (Å²) in [5.74, 6) is -0.0936. The van der Waals surface area contributed by atoms with Crippen LogP contribution >= 0.6 is 0 Å². The summed E-state index contributed by atoms with van der Waals surface area (Å²) in [4.78, 5) is 11.5. The minimum atomic E-state index is -4.45. The van der Waals surface area contributed by atoms with Crippen molar-refractivity contribution in [3.63, 3.8) is 0 Å². The van der Waals surface area contributed by atoms with E-state index in [0.29, 0.717) is 0 Å². The molecule has 1 amide bonds. The number of carbonyl (C=O) groups excluding carboxylic acids is 1. The highest BCUT2D eigenvalue weighted by atomic mass is 32.2. The maximum absolute atomic E-state index is 11.8. The number of benzene rings is 1. The molecule has 0 radical (unpaired) electrons. The van der Waals surface area contributed by atoms with Crippen LogP contribution < -0.4 is 10.1 Å². The second-order valence-corrected chi connectivity index (χ2v) is 6.43. The van der Waals surface area contributed by atoms with Crippen LogP contribution in [0.2, 0.25) is 0 Å². The quantitative estimate of drug-likeness (QED) is 0.829. The van der Waals surface area contributed by atoms with Crippen LogP contribution in [0.25, 0.3) is 0 Å². The normalized spacial score (nSPS) is 12.1. The molecule has 19 heavy (non-hydrogen) atoms. The zero-order chi connectivity index (χ0) is 14.8. The van der Waals surface area contributed by atoms with Crippen molar-refractivity contribution in [1.29, 1.82) is 0 Å². The molecule has 0 saturated carbocycles. The molecule has 0 aliphatic carbocycles. The number of ether oxygens (including phenoxy) is 1. The van der Waals surface area contributed by atoms with Crippen LogP contribution in [-0.4, -0.2) is 26.0 Å². The van der Waals surface area contributed by atoms with E-state index in [4.69, 9.17) is 4.74 Å². The molecule has 1 aromatic rings. The maximum atomic E-state index is 11.8. The largest absolute Gasteiger partial charge is 0.497 e. The van der Waals surface area contributed by atoms with Gasteiger partial charge in [-0.25, -0.2) is 0 Å². The van der Waals surface area contributed by atoms with Gasteiger partial charge in [0.05, 0.1) is 12.8 Å². The van der Waals surface area contributed by atoms with E-state index in [2.05, 4.69) is 5.32 Å². The first-order chi connectivity index (χ1) is 8.55. The minimum absolute atomic E-state index is 0.0169. The smallest absolute Gasteiger partial charge is 0.296 e. The van der Waals surface area contributed by atoms with E-state index >= 15 is 0 Å². The first-order valence-electron chi connectivity index (χ1n) is 5.52. The Hall–Kier alpha value is -1.60. The number of hydrogen-bond acceptors (Lipinski definition) is 4. The molecule has 2 N–H and O–H groups in total. The predicted molar refractivity (Wildman–Crippen MR) is 70.9 cm³/mol. The van der Waals surface area contributed by atoms with Crippen molar-refractivity contribution < 1.29 is 22.5 Å². The lowest BCUT2D eigenvalue weighted by Crippen LogP contribution is -2.28. The van der Waals surface area contributed by atoms with Gasteiger partial charge in [0.15, 0.2) is 0 Å². The van der Waals surface area contributed by atoms with Crippen LogP contribution in [-0.2, 0) is 14.9 Å². The molecule has 1 aromatic carbocycles. The fraction of sp³-hybridized carbons (Fsp3) is 0.417. The Morgan fingerprint density at radius 3 is 2.32 bits per heavy atom. The van der Waals surface area contributed by atoms with Gasteiger partial charge in [-0.2, -0.15) is 8.42 Å². The molecule has 7 heteroatoms. The van der Waals surface area contributed by atoms with Gasteiger partial charge in [-0.1, -0.05) is 20.8 Å². The molecule has 1 rings (SSSR count). The molecule has 106 valence electrons. The van der Waals surface area contributed by atoms with Gasteiger partial charge >= 0.3 is 0 Å². The van der Waals surface area contributed by atoms with Gasteiger partial charge in [0, 0.05) is 11.5 Å². The molecule has 0 unspecified atom stereocenters. The van der Waals surface area contributed by atoms with E-state index in [-0.39, 0.29) is 17.3 Å².